The summed E-state index contributed by atoms with van der Waals surface area (Å²) in [5, 5.41) is 13.5. The molecule has 7 nitrogen and oxygen atoms in total. The van der Waals surface area contributed by atoms with Gasteiger partial charge in [-0.05, 0) is 42.9 Å². The lowest BCUT2D eigenvalue weighted by molar-refractivity contribution is -0.144. The smallest absolute Gasteiger partial charge is 0.329 e. The van der Waals surface area contributed by atoms with Crippen LogP contribution in [0.25, 0.3) is 0 Å². The topological polar surface area (TPSA) is 90.0 Å². The maximum atomic E-state index is 12.9. The summed E-state index contributed by atoms with van der Waals surface area (Å²) >= 11 is 0. The number of amides is 4. The number of hydrogen-bond donors (Lipinski definition) is 2. The van der Waals surface area contributed by atoms with E-state index in [9.17, 15) is 19.5 Å². The van der Waals surface area contributed by atoms with Gasteiger partial charge in [-0.3, -0.25) is 9.59 Å². The standard InChI is InChI=1S/C23H31N3O4/c1-15(2)16-6-8-18(9-7-16)26-21(28)19(24-22(26)29)13-20(27)25-12-11-23(30)10-4-3-5-17(23)14-25/h6-9,15,17,19,30H,3-5,10-14H2,1-2H3,(H,24,29)/t17-,19-,23+/m0/s1. The van der Waals surface area contributed by atoms with Crippen LogP contribution in [0, 0.1) is 5.92 Å². The number of piperidine rings is 1. The molecule has 3 aliphatic rings. The highest BCUT2D eigenvalue weighted by molar-refractivity contribution is 6.22. The number of aliphatic hydroxyl groups is 1. The van der Waals surface area contributed by atoms with Crippen LogP contribution in [0.1, 0.15) is 63.9 Å². The third-order valence-corrected chi connectivity index (χ3v) is 7.00. The highest BCUT2D eigenvalue weighted by atomic mass is 16.3. The average Bonchev–Trinajstić information content (AvgIpc) is 3.00. The van der Waals surface area contributed by atoms with Crippen molar-refractivity contribution in [3.05, 3.63) is 29.8 Å². The van der Waals surface area contributed by atoms with Crippen molar-refractivity contribution in [1.82, 2.24) is 10.2 Å². The molecule has 1 saturated carbocycles. The molecule has 0 aromatic heterocycles. The summed E-state index contributed by atoms with van der Waals surface area (Å²) in [6.45, 7) is 5.20. The van der Waals surface area contributed by atoms with Gasteiger partial charge < -0.3 is 15.3 Å². The third kappa shape index (κ3) is 3.83. The molecule has 4 rings (SSSR count). The monoisotopic (exact) mass is 413 g/mol. The van der Waals surface area contributed by atoms with Gasteiger partial charge in [0.2, 0.25) is 5.91 Å². The zero-order valence-electron chi connectivity index (χ0n) is 17.8. The lowest BCUT2D eigenvalue weighted by atomic mass is 9.71. The predicted octanol–water partition coefficient (Wildman–Crippen LogP) is 2.78. The van der Waals surface area contributed by atoms with Gasteiger partial charge in [0.05, 0.1) is 17.7 Å². The van der Waals surface area contributed by atoms with Crippen molar-refractivity contribution >= 4 is 23.5 Å². The number of likely N-dealkylation sites (tertiary alicyclic amines) is 1. The van der Waals surface area contributed by atoms with Crippen molar-refractivity contribution in [3.8, 4) is 0 Å². The van der Waals surface area contributed by atoms with Crippen LogP contribution in [0.5, 0.6) is 0 Å². The van der Waals surface area contributed by atoms with E-state index in [0.29, 0.717) is 31.1 Å². The summed E-state index contributed by atoms with van der Waals surface area (Å²) in [4.78, 5) is 41.0. The highest BCUT2D eigenvalue weighted by Gasteiger charge is 2.45. The van der Waals surface area contributed by atoms with E-state index in [4.69, 9.17) is 0 Å². The van der Waals surface area contributed by atoms with Crippen LogP contribution in [0.15, 0.2) is 24.3 Å². The van der Waals surface area contributed by atoms with Crippen LogP contribution < -0.4 is 10.2 Å². The van der Waals surface area contributed by atoms with E-state index in [1.165, 1.54) is 0 Å². The first kappa shape index (κ1) is 20.8. The van der Waals surface area contributed by atoms with Gasteiger partial charge in [-0.25, -0.2) is 9.69 Å². The van der Waals surface area contributed by atoms with E-state index < -0.39 is 23.6 Å². The Labute approximate surface area is 177 Å². The molecule has 162 valence electrons. The number of rotatable bonds is 4. The minimum absolute atomic E-state index is 0.0453. The van der Waals surface area contributed by atoms with Crippen LogP contribution in [0.2, 0.25) is 0 Å². The lowest BCUT2D eigenvalue weighted by Crippen LogP contribution is -2.55. The number of urea groups is 1. The van der Waals surface area contributed by atoms with Gasteiger partial charge in [0.1, 0.15) is 6.04 Å². The fourth-order valence-corrected chi connectivity index (χ4v) is 5.02. The molecule has 7 heteroatoms. The molecule has 1 aromatic carbocycles. The summed E-state index contributed by atoms with van der Waals surface area (Å²) in [5.74, 6) is -0.0669. The largest absolute Gasteiger partial charge is 0.389 e. The molecule has 2 aliphatic heterocycles. The molecule has 0 bridgehead atoms. The second-order valence-electron chi connectivity index (χ2n) is 9.26. The molecule has 2 heterocycles. The highest BCUT2D eigenvalue weighted by Crippen LogP contribution is 2.40. The first-order valence-electron chi connectivity index (χ1n) is 11.0. The number of imide groups is 1. The number of nitrogens with one attached hydrogen (secondary N) is 1. The lowest BCUT2D eigenvalue weighted by Gasteiger charge is -2.47. The van der Waals surface area contributed by atoms with Crippen molar-refractivity contribution in [2.75, 3.05) is 18.0 Å². The van der Waals surface area contributed by atoms with E-state index >= 15 is 0 Å². The quantitative estimate of drug-likeness (QED) is 0.743. The Morgan fingerprint density at radius 3 is 2.63 bits per heavy atom. The number of carbonyl (C=O) groups excluding carboxylic acids is 3. The van der Waals surface area contributed by atoms with Gasteiger partial charge in [-0.15, -0.1) is 0 Å². The van der Waals surface area contributed by atoms with Gasteiger partial charge in [-0.1, -0.05) is 38.8 Å². The number of anilines is 1. The van der Waals surface area contributed by atoms with Crippen molar-refractivity contribution in [2.24, 2.45) is 5.92 Å². The summed E-state index contributed by atoms with van der Waals surface area (Å²) in [6, 6.07) is 6.03. The average molecular weight is 414 g/mol. The van der Waals surface area contributed by atoms with Gasteiger partial charge in [0.25, 0.3) is 5.91 Å². The second kappa shape index (κ2) is 8.02. The van der Waals surface area contributed by atoms with Crippen LogP contribution >= 0.6 is 0 Å². The summed E-state index contributed by atoms with van der Waals surface area (Å²) in [5.41, 5.74) is 0.998. The molecular formula is C23H31N3O4. The minimum atomic E-state index is -0.845. The fraction of sp³-hybridized carbons (Fsp3) is 0.609. The molecule has 4 amide bonds. The van der Waals surface area contributed by atoms with Crippen molar-refractivity contribution in [1.29, 1.82) is 0 Å². The molecule has 1 aromatic rings. The number of hydrogen-bond acceptors (Lipinski definition) is 4. The van der Waals surface area contributed by atoms with E-state index in [-0.39, 0.29) is 18.2 Å². The zero-order valence-corrected chi connectivity index (χ0v) is 17.8. The minimum Gasteiger partial charge on any atom is -0.389 e. The van der Waals surface area contributed by atoms with Crippen molar-refractivity contribution in [3.63, 3.8) is 0 Å². The maximum Gasteiger partial charge on any atom is 0.329 e. The Kier molecular flexibility index (Phi) is 5.57. The van der Waals surface area contributed by atoms with Crippen LogP contribution in [-0.4, -0.2) is 52.6 Å². The van der Waals surface area contributed by atoms with Gasteiger partial charge in [-0.2, -0.15) is 0 Å². The Hall–Kier alpha value is -2.41. The zero-order chi connectivity index (χ0) is 21.5. The first-order chi connectivity index (χ1) is 14.3. The van der Waals surface area contributed by atoms with Gasteiger partial charge in [0.15, 0.2) is 0 Å². The Balaban J connectivity index is 1.40. The Bertz CT molecular complexity index is 837. The second-order valence-corrected chi connectivity index (χ2v) is 9.26. The van der Waals surface area contributed by atoms with Crippen molar-refractivity contribution < 1.29 is 19.5 Å². The molecular weight excluding hydrogens is 382 g/mol. The number of nitrogens with zero attached hydrogens (tertiary/aromatic N) is 2. The first-order valence-corrected chi connectivity index (χ1v) is 11.0. The van der Waals surface area contributed by atoms with E-state index in [1.807, 2.05) is 12.1 Å². The molecule has 0 unspecified atom stereocenters. The SMILES string of the molecule is CC(C)c1ccc(N2C(=O)N[C@@H](CC(=O)N3CC[C@]4(O)CCCC[C@H]4C3)C2=O)cc1. The fourth-order valence-electron chi connectivity index (χ4n) is 5.02. The maximum absolute atomic E-state index is 12.9. The summed E-state index contributed by atoms with van der Waals surface area (Å²) in [7, 11) is 0. The van der Waals surface area contributed by atoms with Crippen LogP contribution in [0.4, 0.5) is 10.5 Å². The van der Waals surface area contributed by atoms with Gasteiger partial charge >= 0.3 is 6.03 Å². The van der Waals surface area contributed by atoms with Crippen LogP contribution in [-0.2, 0) is 9.59 Å². The molecule has 3 atom stereocenters. The van der Waals surface area contributed by atoms with Crippen LogP contribution in [0.3, 0.4) is 0 Å². The van der Waals surface area contributed by atoms with E-state index in [2.05, 4.69) is 19.2 Å². The molecule has 1 aliphatic carbocycles. The summed E-state index contributed by atoms with van der Waals surface area (Å²) < 4.78 is 0. The number of fused-ring (bicyclic) bond motifs is 1. The van der Waals surface area contributed by atoms with Gasteiger partial charge in [0, 0.05) is 19.0 Å². The summed E-state index contributed by atoms with van der Waals surface area (Å²) in [6.07, 6.45) is 4.40. The molecule has 3 fully saturated rings. The molecule has 2 N–H and O–H groups in total. The Morgan fingerprint density at radius 1 is 1.20 bits per heavy atom. The third-order valence-electron chi connectivity index (χ3n) is 7.00. The number of benzene rings is 1. The molecule has 30 heavy (non-hydrogen) atoms. The predicted molar refractivity (Wildman–Crippen MR) is 113 cm³/mol. The Morgan fingerprint density at radius 2 is 1.93 bits per heavy atom. The van der Waals surface area contributed by atoms with Crippen molar-refractivity contribution in [2.45, 2.75) is 69.9 Å². The normalized spacial score (nSPS) is 29.2. The van der Waals surface area contributed by atoms with E-state index in [1.54, 1.807) is 17.0 Å². The molecule has 0 spiro atoms. The number of carbonyl (C=O) groups is 3. The van der Waals surface area contributed by atoms with E-state index in [0.717, 1.165) is 36.1 Å². The molecule has 2 saturated heterocycles. The molecule has 0 radical (unpaired) electrons.